The van der Waals surface area contributed by atoms with E-state index in [-0.39, 0.29) is 6.42 Å². The monoisotopic (exact) mass is 398 g/mol. The van der Waals surface area contributed by atoms with Crippen LogP contribution in [0.15, 0.2) is 53.4 Å². The number of ether oxygens (including phenoxy) is 3. The number of carboxylic acid groups (broad SMARTS) is 1. The molecule has 0 fully saturated rings. The molecule has 0 amide bonds. The number of hydrogen-bond donors (Lipinski definition) is 1. The van der Waals surface area contributed by atoms with Crippen LogP contribution in [-0.2, 0) is 11.2 Å². The molecule has 0 radical (unpaired) electrons. The van der Waals surface area contributed by atoms with Crippen LogP contribution >= 0.6 is 11.8 Å². The van der Waals surface area contributed by atoms with Gasteiger partial charge in [-0.2, -0.15) is 0 Å². The Morgan fingerprint density at radius 2 is 1.64 bits per heavy atom. The molecule has 28 heavy (non-hydrogen) atoms. The lowest BCUT2D eigenvalue weighted by atomic mass is 10.0. The Kier molecular flexibility index (Phi) is 6.31. The molecule has 3 rings (SSSR count). The summed E-state index contributed by atoms with van der Waals surface area (Å²) >= 11 is 1.76. The van der Waals surface area contributed by atoms with E-state index in [1.165, 1.54) is 4.90 Å². The van der Waals surface area contributed by atoms with Gasteiger partial charge in [-0.05, 0) is 59.2 Å². The molecule has 146 valence electrons. The second kappa shape index (κ2) is 8.89. The fraction of sp³-hybridized carbons (Fsp3) is 0.227. The lowest BCUT2D eigenvalue weighted by molar-refractivity contribution is -0.136. The van der Waals surface area contributed by atoms with Crippen molar-refractivity contribution in [2.45, 2.75) is 18.2 Å². The summed E-state index contributed by atoms with van der Waals surface area (Å²) in [5.74, 6) is 2.53. The van der Waals surface area contributed by atoms with E-state index in [0.29, 0.717) is 28.6 Å². The summed E-state index contributed by atoms with van der Waals surface area (Å²) in [5.41, 5.74) is 0.653. The van der Waals surface area contributed by atoms with E-state index < -0.39 is 5.97 Å². The normalized spacial score (nSPS) is 10.7. The Morgan fingerprint density at radius 3 is 2.25 bits per heavy atom. The minimum Gasteiger partial charge on any atom is -0.493 e. The molecule has 0 saturated carbocycles. The molecule has 0 unspecified atom stereocenters. The fourth-order valence-electron chi connectivity index (χ4n) is 2.97. The highest BCUT2D eigenvalue weighted by Crippen LogP contribution is 2.39. The Morgan fingerprint density at radius 1 is 0.964 bits per heavy atom. The molecule has 0 aliphatic heterocycles. The number of methoxy groups -OCH3 is 2. The van der Waals surface area contributed by atoms with Crippen molar-refractivity contribution in [3.63, 3.8) is 0 Å². The van der Waals surface area contributed by atoms with Gasteiger partial charge in [0.1, 0.15) is 11.5 Å². The number of carbonyl (C=O) groups is 1. The van der Waals surface area contributed by atoms with Gasteiger partial charge in [-0.25, -0.2) is 0 Å². The first-order valence-electron chi connectivity index (χ1n) is 8.85. The highest BCUT2D eigenvalue weighted by atomic mass is 32.2. The number of thioether (sulfide) groups is 1. The van der Waals surface area contributed by atoms with Crippen LogP contribution in [0.25, 0.3) is 10.8 Å². The SMILES string of the molecule is CCSc1ccc(Oc2cc(CC(=O)O)cc3cc(OC)c(OC)cc23)cc1. The number of carboxylic acids is 1. The predicted molar refractivity (Wildman–Crippen MR) is 111 cm³/mol. The van der Waals surface area contributed by atoms with Crippen molar-refractivity contribution >= 4 is 28.5 Å². The first-order valence-corrected chi connectivity index (χ1v) is 9.83. The van der Waals surface area contributed by atoms with Gasteiger partial charge in [-0.1, -0.05) is 13.0 Å². The molecule has 0 aliphatic carbocycles. The van der Waals surface area contributed by atoms with Crippen molar-refractivity contribution in [3.8, 4) is 23.0 Å². The molecule has 0 aliphatic rings. The van der Waals surface area contributed by atoms with Crippen molar-refractivity contribution in [3.05, 3.63) is 54.1 Å². The topological polar surface area (TPSA) is 65.0 Å². The summed E-state index contributed by atoms with van der Waals surface area (Å²) in [4.78, 5) is 12.4. The summed E-state index contributed by atoms with van der Waals surface area (Å²) < 4.78 is 16.9. The second-order valence-electron chi connectivity index (χ2n) is 6.10. The Hall–Kier alpha value is -2.86. The van der Waals surface area contributed by atoms with Crippen LogP contribution in [0, 0.1) is 0 Å². The molecule has 0 heterocycles. The largest absolute Gasteiger partial charge is 0.493 e. The fourth-order valence-corrected chi connectivity index (χ4v) is 3.64. The maximum Gasteiger partial charge on any atom is 0.307 e. The molecule has 0 atom stereocenters. The molecule has 0 spiro atoms. The van der Waals surface area contributed by atoms with E-state index in [4.69, 9.17) is 14.2 Å². The minimum absolute atomic E-state index is 0.0906. The van der Waals surface area contributed by atoms with E-state index in [1.807, 2.05) is 42.5 Å². The van der Waals surface area contributed by atoms with E-state index in [0.717, 1.165) is 16.5 Å². The van der Waals surface area contributed by atoms with Gasteiger partial charge in [0.25, 0.3) is 0 Å². The number of aliphatic carboxylic acids is 1. The average molecular weight is 398 g/mol. The Bertz CT molecular complexity index is 982. The van der Waals surface area contributed by atoms with E-state index >= 15 is 0 Å². The standard InChI is InChI=1S/C22H22O5S/c1-4-28-17-7-5-16(6-8-17)27-19-10-14(11-22(23)24)9-15-12-20(25-2)21(26-3)13-18(15)19/h5-10,12-13H,4,11H2,1-3H3,(H,23,24). The van der Waals surface area contributed by atoms with Crippen molar-refractivity contribution in [2.75, 3.05) is 20.0 Å². The van der Waals surface area contributed by atoms with E-state index in [1.54, 1.807) is 32.0 Å². The van der Waals surface area contributed by atoms with Crippen LogP contribution in [0.3, 0.4) is 0 Å². The highest BCUT2D eigenvalue weighted by Gasteiger charge is 2.14. The van der Waals surface area contributed by atoms with Gasteiger partial charge in [0, 0.05) is 10.3 Å². The van der Waals surface area contributed by atoms with Crippen LogP contribution in [0.2, 0.25) is 0 Å². The van der Waals surface area contributed by atoms with Gasteiger partial charge in [0.2, 0.25) is 0 Å². The zero-order chi connectivity index (χ0) is 20.1. The van der Waals surface area contributed by atoms with E-state index in [2.05, 4.69) is 6.92 Å². The Labute approximate surface area is 168 Å². The summed E-state index contributed by atoms with van der Waals surface area (Å²) in [6, 6.07) is 15.1. The van der Waals surface area contributed by atoms with Crippen molar-refractivity contribution in [1.82, 2.24) is 0 Å². The minimum atomic E-state index is -0.897. The summed E-state index contributed by atoms with van der Waals surface area (Å²) in [5, 5.41) is 10.8. The third kappa shape index (κ3) is 4.51. The molecule has 0 aromatic heterocycles. The molecular formula is C22H22O5S. The Balaban J connectivity index is 2.07. The van der Waals surface area contributed by atoms with Crippen molar-refractivity contribution < 1.29 is 24.1 Å². The van der Waals surface area contributed by atoms with Gasteiger partial charge in [0.15, 0.2) is 11.5 Å². The molecule has 6 heteroatoms. The lowest BCUT2D eigenvalue weighted by Crippen LogP contribution is -2.01. The van der Waals surface area contributed by atoms with Crippen LogP contribution in [0.1, 0.15) is 12.5 Å². The van der Waals surface area contributed by atoms with Crippen molar-refractivity contribution in [2.24, 2.45) is 0 Å². The van der Waals surface area contributed by atoms with Crippen molar-refractivity contribution in [1.29, 1.82) is 0 Å². The lowest BCUT2D eigenvalue weighted by Gasteiger charge is -2.14. The summed E-state index contributed by atoms with van der Waals surface area (Å²) in [6.45, 7) is 2.11. The highest BCUT2D eigenvalue weighted by molar-refractivity contribution is 7.99. The van der Waals surface area contributed by atoms with Gasteiger partial charge in [-0.15, -0.1) is 11.8 Å². The maximum atomic E-state index is 11.2. The number of hydrogen-bond acceptors (Lipinski definition) is 5. The molecular weight excluding hydrogens is 376 g/mol. The summed E-state index contributed by atoms with van der Waals surface area (Å²) in [6.07, 6.45) is -0.0906. The van der Waals surface area contributed by atoms with Gasteiger partial charge in [0.05, 0.1) is 20.6 Å². The first kappa shape index (κ1) is 19.9. The molecule has 0 saturated heterocycles. The maximum absolute atomic E-state index is 11.2. The van der Waals surface area contributed by atoms with Crippen LogP contribution in [0.4, 0.5) is 0 Å². The van der Waals surface area contributed by atoms with Gasteiger partial charge in [-0.3, -0.25) is 4.79 Å². The third-order valence-electron chi connectivity index (χ3n) is 4.20. The average Bonchev–Trinajstić information content (AvgIpc) is 2.68. The number of rotatable bonds is 8. The summed E-state index contributed by atoms with van der Waals surface area (Å²) in [7, 11) is 3.14. The van der Waals surface area contributed by atoms with Crippen LogP contribution in [0.5, 0.6) is 23.0 Å². The smallest absolute Gasteiger partial charge is 0.307 e. The number of fused-ring (bicyclic) bond motifs is 1. The number of benzene rings is 3. The molecule has 0 bridgehead atoms. The molecule has 5 nitrogen and oxygen atoms in total. The second-order valence-corrected chi connectivity index (χ2v) is 7.44. The van der Waals surface area contributed by atoms with E-state index in [9.17, 15) is 9.90 Å². The predicted octanol–water partition coefficient (Wildman–Crippen LogP) is 5.39. The van der Waals surface area contributed by atoms with Crippen LogP contribution < -0.4 is 14.2 Å². The molecule has 1 N–H and O–H groups in total. The quantitative estimate of drug-likeness (QED) is 0.513. The zero-order valence-corrected chi connectivity index (χ0v) is 16.8. The van der Waals surface area contributed by atoms with Gasteiger partial charge >= 0.3 is 5.97 Å². The zero-order valence-electron chi connectivity index (χ0n) is 16.0. The molecule has 3 aromatic rings. The molecule has 3 aromatic carbocycles. The van der Waals surface area contributed by atoms with Gasteiger partial charge < -0.3 is 19.3 Å². The van der Waals surface area contributed by atoms with Crippen LogP contribution in [-0.4, -0.2) is 31.0 Å². The third-order valence-corrected chi connectivity index (χ3v) is 5.09. The first-order chi connectivity index (χ1) is 13.5.